The number of anilines is 6. The fourth-order valence-corrected chi connectivity index (χ4v) is 10.2. The van der Waals surface area contributed by atoms with E-state index in [-0.39, 0.29) is 5.41 Å². The van der Waals surface area contributed by atoms with Crippen molar-refractivity contribution in [3.63, 3.8) is 0 Å². The van der Waals surface area contributed by atoms with E-state index in [0.717, 1.165) is 34.1 Å². The third-order valence-electron chi connectivity index (χ3n) is 13.1. The van der Waals surface area contributed by atoms with Crippen molar-refractivity contribution in [1.29, 1.82) is 0 Å². The van der Waals surface area contributed by atoms with Crippen molar-refractivity contribution >= 4 is 88.0 Å². The molecule has 0 unspecified atom stereocenters. The lowest BCUT2D eigenvalue weighted by Gasteiger charge is -2.29. The molecular formula is C59H42N2. The summed E-state index contributed by atoms with van der Waals surface area (Å²) < 4.78 is 0. The third-order valence-corrected chi connectivity index (χ3v) is 13.1. The van der Waals surface area contributed by atoms with Gasteiger partial charge in [0, 0.05) is 39.5 Å². The van der Waals surface area contributed by atoms with Crippen molar-refractivity contribution in [2.75, 3.05) is 9.80 Å². The summed E-state index contributed by atoms with van der Waals surface area (Å²) in [5, 5.41) is 12.5. The molecule has 0 N–H and O–H groups in total. The number of fused-ring (bicyclic) bond motifs is 11. The first-order chi connectivity index (χ1) is 30.0. The molecule has 0 spiro atoms. The van der Waals surface area contributed by atoms with Gasteiger partial charge in [0.2, 0.25) is 0 Å². The van der Waals surface area contributed by atoms with Crippen molar-refractivity contribution in [1.82, 2.24) is 0 Å². The van der Waals surface area contributed by atoms with E-state index in [0.29, 0.717) is 0 Å². The molecule has 0 atom stereocenters. The number of nitrogens with zero attached hydrogens (tertiary/aromatic N) is 2. The van der Waals surface area contributed by atoms with Crippen LogP contribution in [0, 0.1) is 0 Å². The van der Waals surface area contributed by atoms with Gasteiger partial charge >= 0.3 is 0 Å². The second-order valence-corrected chi connectivity index (χ2v) is 17.0. The monoisotopic (exact) mass is 778 g/mol. The minimum absolute atomic E-state index is 0.271. The molecule has 288 valence electrons. The van der Waals surface area contributed by atoms with E-state index in [9.17, 15) is 0 Å². The number of rotatable bonds is 6. The standard InChI is InChI=1S/C59H42N2/c1-59(2)56-38-50(60(45-20-4-3-5-21-45)46-27-24-39-14-6-9-17-42(39)34-46)31-33-54(56)57-52-23-13-12-22-51(52)55-37-49(30-32-53(55)58(57)59)61(47-28-25-40-15-7-10-18-43(40)35-47)48-29-26-41-16-8-11-19-44(41)36-48/h3-38H,1-2H3. The van der Waals surface area contributed by atoms with Crippen LogP contribution in [-0.4, -0.2) is 0 Å². The number of para-hydroxylation sites is 1. The first-order valence-electron chi connectivity index (χ1n) is 21.3. The predicted octanol–water partition coefficient (Wildman–Crippen LogP) is 16.7. The Morgan fingerprint density at radius 1 is 0.295 bits per heavy atom. The van der Waals surface area contributed by atoms with Gasteiger partial charge in [-0.2, -0.15) is 0 Å². The van der Waals surface area contributed by atoms with Gasteiger partial charge in [0.1, 0.15) is 0 Å². The lowest BCUT2D eigenvalue weighted by atomic mass is 9.79. The minimum atomic E-state index is -0.271. The summed E-state index contributed by atoms with van der Waals surface area (Å²) in [6, 6.07) is 80.5. The van der Waals surface area contributed by atoms with Crippen LogP contribution in [0.15, 0.2) is 218 Å². The Balaban J connectivity index is 1.05. The minimum Gasteiger partial charge on any atom is -0.310 e. The molecule has 0 saturated carbocycles. The maximum absolute atomic E-state index is 2.45. The summed E-state index contributed by atoms with van der Waals surface area (Å²) >= 11 is 0. The van der Waals surface area contributed by atoms with Crippen LogP contribution in [0.2, 0.25) is 0 Å². The largest absolute Gasteiger partial charge is 0.310 e. The fraction of sp³-hybridized carbons (Fsp3) is 0.0508. The molecule has 0 saturated heterocycles. The maximum atomic E-state index is 2.45. The molecular weight excluding hydrogens is 737 g/mol. The van der Waals surface area contributed by atoms with Gasteiger partial charge in [-0.15, -0.1) is 0 Å². The summed E-state index contributed by atoms with van der Waals surface area (Å²) in [7, 11) is 0. The van der Waals surface area contributed by atoms with Crippen LogP contribution in [0.1, 0.15) is 25.0 Å². The quantitative estimate of drug-likeness (QED) is 0.155. The molecule has 0 heterocycles. The summed E-state index contributed by atoms with van der Waals surface area (Å²) in [5.41, 5.74) is 11.9. The number of benzene rings is 11. The van der Waals surface area contributed by atoms with Crippen LogP contribution < -0.4 is 9.80 Å². The van der Waals surface area contributed by atoms with Crippen LogP contribution in [0.4, 0.5) is 34.1 Å². The highest BCUT2D eigenvalue weighted by atomic mass is 15.1. The molecule has 0 aromatic heterocycles. The Morgan fingerprint density at radius 2 is 0.721 bits per heavy atom. The van der Waals surface area contributed by atoms with Crippen LogP contribution >= 0.6 is 0 Å². The topological polar surface area (TPSA) is 6.48 Å². The number of hydrogen-bond acceptors (Lipinski definition) is 2. The van der Waals surface area contributed by atoms with E-state index in [1.165, 1.54) is 76.1 Å². The zero-order valence-electron chi connectivity index (χ0n) is 34.2. The van der Waals surface area contributed by atoms with Crippen molar-refractivity contribution < 1.29 is 0 Å². The molecule has 0 radical (unpaired) electrons. The van der Waals surface area contributed by atoms with E-state index < -0.39 is 0 Å². The lowest BCUT2D eigenvalue weighted by Crippen LogP contribution is -2.17. The average molecular weight is 779 g/mol. The molecule has 0 aliphatic heterocycles. The molecule has 11 aromatic rings. The highest BCUT2D eigenvalue weighted by Gasteiger charge is 2.39. The Bertz CT molecular complexity index is 3450. The Hall–Kier alpha value is -7.68. The zero-order valence-corrected chi connectivity index (χ0v) is 34.2. The molecule has 61 heavy (non-hydrogen) atoms. The molecule has 2 heteroatoms. The third kappa shape index (κ3) is 5.64. The Labute approximate surface area is 356 Å². The first kappa shape index (κ1) is 35.3. The summed E-state index contributed by atoms with van der Waals surface area (Å²) in [4.78, 5) is 4.83. The second-order valence-electron chi connectivity index (χ2n) is 17.0. The van der Waals surface area contributed by atoms with E-state index in [2.05, 4.69) is 242 Å². The maximum Gasteiger partial charge on any atom is 0.0468 e. The molecule has 11 aromatic carbocycles. The molecule has 2 nitrogen and oxygen atoms in total. The van der Waals surface area contributed by atoms with E-state index >= 15 is 0 Å². The van der Waals surface area contributed by atoms with Crippen molar-refractivity contribution in [2.45, 2.75) is 19.3 Å². The van der Waals surface area contributed by atoms with Crippen LogP contribution in [0.25, 0.3) is 65.0 Å². The van der Waals surface area contributed by atoms with Crippen LogP contribution in [0.5, 0.6) is 0 Å². The van der Waals surface area contributed by atoms with Gasteiger partial charge in [0.05, 0.1) is 0 Å². The summed E-state index contributed by atoms with van der Waals surface area (Å²) in [5.74, 6) is 0. The van der Waals surface area contributed by atoms with Gasteiger partial charge in [-0.25, -0.2) is 0 Å². The predicted molar refractivity (Wildman–Crippen MR) is 261 cm³/mol. The van der Waals surface area contributed by atoms with Crippen molar-refractivity contribution in [2.24, 2.45) is 0 Å². The Kier molecular flexibility index (Phi) is 7.92. The lowest BCUT2D eigenvalue weighted by molar-refractivity contribution is 0.666. The zero-order chi connectivity index (χ0) is 40.7. The molecule has 1 aliphatic rings. The first-order valence-corrected chi connectivity index (χ1v) is 21.3. The van der Waals surface area contributed by atoms with Crippen LogP contribution in [-0.2, 0) is 5.41 Å². The highest BCUT2D eigenvalue weighted by Crippen LogP contribution is 2.56. The second kappa shape index (κ2) is 13.7. The molecule has 1 aliphatic carbocycles. The molecule has 0 fully saturated rings. The normalized spacial score (nSPS) is 12.9. The number of hydrogen-bond donors (Lipinski definition) is 0. The van der Waals surface area contributed by atoms with Gasteiger partial charge in [-0.3, -0.25) is 0 Å². The van der Waals surface area contributed by atoms with Crippen molar-refractivity contribution in [3.8, 4) is 11.1 Å². The Morgan fingerprint density at radius 3 is 1.30 bits per heavy atom. The molecule has 0 bridgehead atoms. The molecule has 12 rings (SSSR count). The van der Waals surface area contributed by atoms with Crippen molar-refractivity contribution in [3.05, 3.63) is 230 Å². The highest BCUT2D eigenvalue weighted by molar-refractivity contribution is 6.19. The van der Waals surface area contributed by atoms with E-state index in [1.54, 1.807) is 0 Å². The van der Waals surface area contributed by atoms with Gasteiger partial charge < -0.3 is 9.80 Å². The van der Waals surface area contributed by atoms with Gasteiger partial charge in [0.25, 0.3) is 0 Å². The van der Waals surface area contributed by atoms with E-state index in [4.69, 9.17) is 0 Å². The summed E-state index contributed by atoms with van der Waals surface area (Å²) in [6.45, 7) is 4.84. The van der Waals surface area contributed by atoms with Crippen LogP contribution in [0.3, 0.4) is 0 Å². The summed E-state index contributed by atoms with van der Waals surface area (Å²) in [6.07, 6.45) is 0. The van der Waals surface area contributed by atoms with E-state index in [1.807, 2.05) is 0 Å². The fourth-order valence-electron chi connectivity index (χ4n) is 10.2. The van der Waals surface area contributed by atoms with Gasteiger partial charge in [0.15, 0.2) is 0 Å². The SMILES string of the molecule is CC1(C)c2cc(N(c3ccccc3)c3ccc4ccccc4c3)ccc2-c2c1c1ccc(N(c3ccc4ccccc4c3)c3ccc4ccccc4c3)cc1c1ccccc21. The van der Waals surface area contributed by atoms with Gasteiger partial charge in [-0.1, -0.05) is 159 Å². The smallest absolute Gasteiger partial charge is 0.0468 e. The van der Waals surface area contributed by atoms with Gasteiger partial charge in [-0.05, 0) is 149 Å². The molecule has 0 amide bonds. The average Bonchev–Trinajstić information content (AvgIpc) is 3.55.